The third kappa shape index (κ3) is 9.73. The maximum absolute atomic E-state index is 12.1. The third-order valence-electron chi connectivity index (χ3n) is 7.88. The van der Waals surface area contributed by atoms with Crippen LogP contribution in [0.5, 0.6) is 17.2 Å². The molecule has 0 unspecified atom stereocenters. The standard InChI is InChI=1S/C26H34O3.C15H24O/c1-10-22(27)29-24-19(12-17(3)14-21(24)26(7,8)9)15-18-11-16(2)13-20(23(18)28)25(4,5)6;1-10-8-11(14(2,3)4)13(16)12(9-10)15(5,6)7/h10-14,28H,1,15H2,2-9H3;8-9,16H,1-7H3. The predicted molar refractivity (Wildman–Crippen MR) is 190 cm³/mol. The zero-order chi connectivity index (χ0) is 34.9. The van der Waals surface area contributed by atoms with Crippen LogP contribution in [0.3, 0.4) is 0 Å². The van der Waals surface area contributed by atoms with Crippen molar-refractivity contribution in [3.05, 3.63) is 99.1 Å². The molecule has 0 radical (unpaired) electrons. The summed E-state index contributed by atoms with van der Waals surface area (Å²) < 4.78 is 5.71. The monoisotopic (exact) mass is 614 g/mol. The molecule has 0 amide bonds. The molecule has 3 aromatic carbocycles. The molecule has 0 heterocycles. The first kappa shape index (κ1) is 37.7. The fraction of sp³-hybridized carbons (Fsp3) is 0.488. The van der Waals surface area contributed by atoms with Crippen LogP contribution in [0, 0.1) is 20.8 Å². The van der Waals surface area contributed by atoms with Crippen LogP contribution in [-0.2, 0) is 32.9 Å². The highest BCUT2D eigenvalue weighted by atomic mass is 16.5. The molecular formula is C41H58O4. The van der Waals surface area contributed by atoms with Crippen molar-refractivity contribution in [3.8, 4) is 17.2 Å². The van der Waals surface area contributed by atoms with Crippen LogP contribution in [0.25, 0.3) is 0 Å². The van der Waals surface area contributed by atoms with E-state index in [0.717, 1.165) is 44.5 Å². The Kier molecular flexibility index (Phi) is 11.3. The second kappa shape index (κ2) is 13.4. The number of benzene rings is 3. The molecule has 0 aromatic heterocycles. The topological polar surface area (TPSA) is 66.8 Å². The molecule has 0 atom stereocenters. The molecule has 0 saturated heterocycles. The number of phenolic OH excluding ortho intramolecular Hbond substituents is 2. The fourth-order valence-electron chi connectivity index (χ4n) is 5.49. The molecule has 45 heavy (non-hydrogen) atoms. The Balaban J connectivity index is 0.000000372. The first-order valence-corrected chi connectivity index (χ1v) is 15.9. The van der Waals surface area contributed by atoms with Gasteiger partial charge in [-0.2, -0.15) is 0 Å². The normalized spacial score (nSPS) is 12.3. The third-order valence-corrected chi connectivity index (χ3v) is 7.88. The molecule has 0 bridgehead atoms. The Morgan fingerprint density at radius 2 is 0.933 bits per heavy atom. The highest BCUT2D eigenvalue weighted by molar-refractivity contribution is 5.84. The molecule has 0 spiro atoms. The second-order valence-corrected chi connectivity index (χ2v) is 16.6. The summed E-state index contributed by atoms with van der Waals surface area (Å²) in [7, 11) is 0. The maximum Gasteiger partial charge on any atom is 0.335 e. The van der Waals surface area contributed by atoms with Gasteiger partial charge >= 0.3 is 5.97 Å². The van der Waals surface area contributed by atoms with Gasteiger partial charge in [0.15, 0.2) is 0 Å². The smallest absolute Gasteiger partial charge is 0.335 e. The van der Waals surface area contributed by atoms with E-state index in [4.69, 9.17) is 4.74 Å². The highest BCUT2D eigenvalue weighted by Gasteiger charge is 2.27. The number of ether oxygens (including phenoxy) is 1. The maximum atomic E-state index is 12.1. The summed E-state index contributed by atoms with van der Waals surface area (Å²) in [6.07, 6.45) is 1.65. The SMILES string of the molecule is C=CC(=O)Oc1c(Cc2cc(C)cc(C(C)(C)C)c2O)cc(C)cc1C(C)(C)C.Cc1cc(C(C)(C)C)c(O)c(C(C)(C)C)c1. The van der Waals surface area contributed by atoms with Gasteiger partial charge in [-0.3, -0.25) is 0 Å². The summed E-state index contributed by atoms with van der Waals surface area (Å²) in [6, 6.07) is 12.3. The van der Waals surface area contributed by atoms with E-state index < -0.39 is 5.97 Å². The molecule has 3 rings (SSSR count). The minimum atomic E-state index is -0.482. The van der Waals surface area contributed by atoms with Crippen molar-refractivity contribution in [2.24, 2.45) is 0 Å². The van der Waals surface area contributed by atoms with Crippen LogP contribution in [0.4, 0.5) is 0 Å². The van der Waals surface area contributed by atoms with Gasteiger partial charge in [-0.1, -0.05) is 143 Å². The van der Waals surface area contributed by atoms with Crippen LogP contribution in [0.15, 0.2) is 49.1 Å². The first-order valence-electron chi connectivity index (χ1n) is 15.9. The van der Waals surface area contributed by atoms with Gasteiger partial charge in [0.25, 0.3) is 0 Å². The molecule has 0 aliphatic heterocycles. The highest BCUT2D eigenvalue weighted by Crippen LogP contribution is 2.41. The molecule has 2 N–H and O–H groups in total. The van der Waals surface area contributed by atoms with E-state index in [-0.39, 0.29) is 21.7 Å². The fourth-order valence-corrected chi connectivity index (χ4v) is 5.49. The molecule has 4 nitrogen and oxygen atoms in total. The van der Waals surface area contributed by atoms with Gasteiger partial charge in [-0.15, -0.1) is 0 Å². The number of aromatic hydroxyl groups is 2. The number of hydrogen-bond donors (Lipinski definition) is 2. The van der Waals surface area contributed by atoms with Crippen LogP contribution < -0.4 is 4.74 Å². The Morgan fingerprint density at radius 1 is 0.600 bits per heavy atom. The largest absolute Gasteiger partial charge is 0.507 e. The molecule has 4 heteroatoms. The summed E-state index contributed by atoms with van der Waals surface area (Å²) >= 11 is 0. The lowest BCUT2D eigenvalue weighted by atomic mass is 9.78. The molecule has 3 aromatic rings. The van der Waals surface area contributed by atoms with E-state index in [2.05, 4.69) is 115 Å². The van der Waals surface area contributed by atoms with Crippen molar-refractivity contribution in [2.45, 2.75) is 132 Å². The Labute approximate surface area is 273 Å². The van der Waals surface area contributed by atoms with E-state index >= 15 is 0 Å². The van der Waals surface area contributed by atoms with Crippen molar-refractivity contribution >= 4 is 5.97 Å². The quantitative estimate of drug-likeness (QED) is 0.174. The van der Waals surface area contributed by atoms with Crippen molar-refractivity contribution in [1.82, 2.24) is 0 Å². The van der Waals surface area contributed by atoms with Crippen molar-refractivity contribution in [1.29, 1.82) is 0 Å². The van der Waals surface area contributed by atoms with Gasteiger partial charge in [0.1, 0.15) is 17.2 Å². The lowest BCUT2D eigenvalue weighted by molar-refractivity contribution is -0.129. The molecule has 0 aliphatic rings. The molecule has 0 fully saturated rings. The van der Waals surface area contributed by atoms with E-state index in [9.17, 15) is 15.0 Å². The van der Waals surface area contributed by atoms with Crippen LogP contribution in [0.1, 0.15) is 133 Å². The Hall–Kier alpha value is -3.53. The Morgan fingerprint density at radius 3 is 1.31 bits per heavy atom. The van der Waals surface area contributed by atoms with Crippen molar-refractivity contribution in [2.75, 3.05) is 0 Å². The summed E-state index contributed by atoms with van der Waals surface area (Å²) in [5.41, 5.74) is 8.65. The summed E-state index contributed by atoms with van der Waals surface area (Å²) in [5.74, 6) is 0.851. The number of esters is 1. The Bertz CT molecular complexity index is 1510. The first-order chi connectivity index (χ1) is 20.3. The van der Waals surface area contributed by atoms with Gasteiger partial charge in [0.05, 0.1) is 0 Å². The predicted octanol–water partition coefficient (Wildman–Crippen LogP) is 10.6. The molecule has 0 aliphatic carbocycles. The van der Waals surface area contributed by atoms with Gasteiger partial charge < -0.3 is 14.9 Å². The minimum Gasteiger partial charge on any atom is -0.507 e. The van der Waals surface area contributed by atoms with Crippen LogP contribution >= 0.6 is 0 Å². The van der Waals surface area contributed by atoms with Gasteiger partial charge in [-0.25, -0.2) is 4.79 Å². The average molecular weight is 615 g/mol. The van der Waals surface area contributed by atoms with Crippen LogP contribution in [-0.4, -0.2) is 16.2 Å². The molecular weight excluding hydrogens is 556 g/mol. The number of aryl methyl sites for hydroxylation is 3. The number of carbonyl (C=O) groups is 1. The number of rotatable bonds is 4. The number of carbonyl (C=O) groups excluding carboxylic acids is 1. The lowest BCUT2D eigenvalue weighted by Crippen LogP contribution is -2.17. The molecule has 246 valence electrons. The lowest BCUT2D eigenvalue weighted by Gasteiger charge is -2.27. The van der Waals surface area contributed by atoms with E-state index in [1.807, 2.05) is 32.0 Å². The summed E-state index contributed by atoms with van der Waals surface area (Å²) in [6.45, 7) is 35.0. The van der Waals surface area contributed by atoms with E-state index in [1.54, 1.807) is 0 Å². The van der Waals surface area contributed by atoms with Gasteiger partial charge in [0, 0.05) is 18.1 Å². The van der Waals surface area contributed by atoms with Gasteiger partial charge in [-0.05, 0) is 70.2 Å². The van der Waals surface area contributed by atoms with Crippen LogP contribution in [0.2, 0.25) is 0 Å². The summed E-state index contributed by atoms with van der Waals surface area (Å²) in [5, 5.41) is 21.4. The average Bonchev–Trinajstić information content (AvgIpc) is 2.86. The zero-order valence-corrected chi connectivity index (χ0v) is 30.7. The number of hydrogen-bond acceptors (Lipinski definition) is 4. The second-order valence-electron chi connectivity index (χ2n) is 16.6. The van der Waals surface area contributed by atoms with E-state index in [0.29, 0.717) is 23.7 Å². The van der Waals surface area contributed by atoms with E-state index in [1.165, 1.54) is 11.6 Å². The minimum absolute atomic E-state index is 0.0178. The molecule has 0 saturated carbocycles. The van der Waals surface area contributed by atoms with Crippen molar-refractivity contribution < 1.29 is 19.7 Å². The van der Waals surface area contributed by atoms with Gasteiger partial charge in [0.2, 0.25) is 0 Å². The zero-order valence-electron chi connectivity index (χ0n) is 30.7. The van der Waals surface area contributed by atoms with Crippen molar-refractivity contribution in [3.63, 3.8) is 0 Å². The summed E-state index contributed by atoms with van der Waals surface area (Å²) in [4.78, 5) is 12.1. The number of phenols is 2.